The third-order valence-corrected chi connectivity index (χ3v) is 10.7. The minimum absolute atomic E-state index is 0.0256. The molecule has 1 amide bonds. The van der Waals surface area contributed by atoms with Gasteiger partial charge in [-0.25, -0.2) is 4.39 Å². The Bertz CT molecular complexity index is 837. The Morgan fingerprint density at radius 3 is 2.45 bits per heavy atom. The van der Waals surface area contributed by atoms with Crippen LogP contribution in [0.1, 0.15) is 124 Å². The molecule has 3 unspecified atom stereocenters. The molecule has 1 aliphatic heterocycles. The van der Waals surface area contributed by atoms with Crippen molar-refractivity contribution in [2.24, 2.45) is 35.0 Å². The van der Waals surface area contributed by atoms with E-state index in [1.165, 1.54) is 43.3 Å². The third kappa shape index (κ3) is 7.32. The SMILES string of the molecule is CC(C)[C@@H](CCCC(O)C1=C(C2C=CCCC2)CCCC1)C(=O)N1CCC(C2CCC(F)CC2)C(C)(C)C1. The summed E-state index contributed by atoms with van der Waals surface area (Å²) in [6.07, 6.45) is 19.1. The topological polar surface area (TPSA) is 40.5 Å². The Morgan fingerprint density at radius 1 is 1.05 bits per heavy atom. The number of nitrogens with zero attached hydrogens (tertiary/aromatic N) is 1. The summed E-state index contributed by atoms with van der Waals surface area (Å²) in [5.41, 5.74) is 2.93. The van der Waals surface area contributed by atoms with Crippen molar-refractivity contribution in [1.82, 2.24) is 4.90 Å². The highest BCUT2D eigenvalue weighted by Gasteiger charge is 2.43. The molecule has 0 spiro atoms. The van der Waals surface area contributed by atoms with Crippen LogP contribution in [0.2, 0.25) is 0 Å². The number of rotatable bonds is 9. The van der Waals surface area contributed by atoms with Crippen molar-refractivity contribution in [1.29, 1.82) is 0 Å². The number of aliphatic hydroxyl groups excluding tert-OH is 1. The average molecular weight is 530 g/mol. The monoisotopic (exact) mass is 529 g/mol. The lowest BCUT2D eigenvalue weighted by atomic mass is 9.64. The summed E-state index contributed by atoms with van der Waals surface area (Å²) < 4.78 is 13.7. The van der Waals surface area contributed by atoms with Crippen LogP contribution >= 0.6 is 0 Å². The van der Waals surface area contributed by atoms with Gasteiger partial charge in [0, 0.05) is 19.0 Å². The first-order valence-electron chi connectivity index (χ1n) is 16.2. The fourth-order valence-corrected chi connectivity index (χ4v) is 8.46. The van der Waals surface area contributed by atoms with Crippen LogP contribution < -0.4 is 0 Å². The largest absolute Gasteiger partial charge is 0.389 e. The number of alkyl halides is 1. The first kappa shape index (κ1) is 29.8. The molecule has 0 aromatic heterocycles. The fourth-order valence-electron chi connectivity index (χ4n) is 8.46. The molecular formula is C34H56FNO2. The zero-order valence-corrected chi connectivity index (χ0v) is 24.9. The van der Waals surface area contributed by atoms with Crippen molar-refractivity contribution in [3.8, 4) is 0 Å². The predicted molar refractivity (Wildman–Crippen MR) is 155 cm³/mol. The molecule has 0 aromatic rings. The van der Waals surface area contributed by atoms with E-state index in [9.17, 15) is 14.3 Å². The fraction of sp³-hybridized carbons (Fsp3) is 0.853. The van der Waals surface area contributed by atoms with Gasteiger partial charge in [0.1, 0.15) is 6.17 Å². The second-order valence-corrected chi connectivity index (χ2v) is 14.2. The molecule has 2 fully saturated rings. The van der Waals surface area contributed by atoms with Crippen LogP contribution in [0.4, 0.5) is 4.39 Å². The standard InChI is InChI=1S/C34H56FNO2/c1-24(2)28(15-10-16-32(37)30-14-9-8-13-29(30)25-11-6-5-7-12-25)33(38)36-22-21-31(34(3,4)23-36)26-17-19-27(35)20-18-26/h6,11,24-28,31-32,37H,5,7-10,12-23H2,1-4H3/t25?,26?,27?,28-,31?,32?/m1/s1. The third-order valence-electron chi connectivity index (χ3n) is 10.7. The molecule has 4 rings (SSSR count). The second-order valence-electron chi connectivity index (χ2n) is 14.2. The van der Waals surface area contributed by atoms with E-state index in [2.05, 4.69) is 44.7 Å². The minimum Gasteiger partial charge on any atom is -0.389 e. The Hall–Kier alpha value is -1.16. The van der Waals surface area contributed by atoms with E-state index in [1.54, 1.807) is 0 Å². The van der Waals surface area contributed by atoms with Gasteiger partial charge >= 0.3 is 0 Å². The second kappa shape index (κ2) is 13.5. The predicted octanol–water partition coefficient (Wildman–Crippen LogP) is 8.42. The van der Waals surface area contributed by atoms with Gasteiger partial charge in [-0.15, -0.1) is 0 Å². The molecule has 1 saturated carbocycles. The van der Waals surface area contributed by atoms with Gasteiger partial charge in [0.2, 0.25) is 5.91 Å². The quantitative estimate of drug-likeness (QED) is 0.305. The van der Waals surface area contributed by atoms with E-state index in [-0.39, 0.29) is 17.4 Å². The van der Waals surface area contributed by atoms with Crippen LogP contribution in [0, 0.1) is 35.0 Å². The summed E-state index contributed by atoms with van der Waals surface area (Å²) in [4.78, 5) is 15.9. The number of carbonyl (C=O) groups excluding carboxylic acids is 1. The Kier molecular flexibility index (Phi) is 10.6. The summed E-state index contributed by atoms with van der Waals surface area (Å²) >= 11 is 0. The highest BCUT2D eigenvalue weighted by molar-refractivity contribution is 5.79. The van der Waals surface area contributed by atoms with Crippen molar-refractivity contribution < 1.29 is 14.3 Å². The van der Waals surface area contributed by atoms with E-state index in [0.717, 1.165) is 77.3 Å². The molecule has 38 heavy (non-hydrogen) atoms. The first-order valence-corrected chi connectivity index (χ1v) is 16.2. The van der Waals surface area contributed by atoms with Gasteiger partial charge in [-0.1, -0.05) is 45.4 Å². The van der Waals surface area contributed by atoms with Gasteiger partial charge in [0.15, 0.2) is 0 Å². The molecule has 3 nitrogen and oxygen atoms in total. The smallest absolute Gasteiger partial charge is 0.225 e. The van der Waals surface area contributed by atoms with Crippen molar-refractivity contribution in [3.05, 3.63) is 23.3 Å². The Labute approximate surface area is 232 Å². The van der Waals surface area contributed by atoms with Crippen LogP contribution in [-0.2, 0) is 4.79 Å². The van der Waals surface area contributed by atoms with Gasteiger partial charge in [0.25, 0.3) is 0 Å². The maximum absolute atomic E-state index is 13.8. The van der Waals surface area contributed by atoms with Crippen LogP contribution in [0.15, 0.2) is 23.3 Å². The number of aliphatic hydroxyl groups is 1. The van der Waals surface area contributed by atoms with Crippen LogP contribution in [0.5, 0.6) is 0 Å². The zero-order valence-electron chi connectivity index (χ0n) is 24.9. The van der Waals surface area contributed by atoms with E-state index >= 15 is 0 Å². The lowest BCUT2D eigenvalue weighted by Gasteiger charge is -2.49. The maximum atomic E-state index is 13.8. The van der Waals surface area contributed by atoms with Crippen LogP contribution in [-0.4, -0.2) is 41.3 Å². The number of carbonyl (C=O) groups is 1. The lowest BCUT2D eigenvalue weighted by molar-refractivity contribution is -0.143. The molecule has 0 bridgehead atoms. The number of allylic oxidation sites excluding steroid dienone is 3. The van der Waals surface area contributed by atoms with E-state index < -0.39 is 6.17 Å². The average Bonchev–Trinajstić information content (AvgIpc) is 2.91. The molecule has 4 aliphatic rings. The van der Waals surface area contributed by atoms with Gasteiger partial charge in [-0.05, 0) is 131 Å². The number of amides is 1. The van der Waals surface area contributed by atoms with Crippen molar-refractivity contribution in [2.45, 2.75) is 136 Å². The van der Waals surface area contributed by atoms with Gasteiger partial charge in [-0.3, -0.25) is 4.79 Å². The Balaban J connectivity index is 1.32. The molecule has 1 saturated heterocycles. The number of halogens is 1. The zero-order chi connectivity index (χ0) is 27.3. The van der Waals surface area contributed by atoms with Crippen LogP contribution in [0.3, 0.4) is 0 Å². The summed E-state index contributed by atoms with van der Waals surface area (Å²) in [5.74, 6) is 2.38. The highest BCUT2D eigenvalue weighted by atomic mass is 19.1. The Morgan fingerprint density at radius 2 is 1.79 bits per heavy atom. The molecule has 4 atom stereocenters. The molecule has 3 aliphatic carbocycles. The number of hydrogen-bond donors (Lipinski definition) is 1. The summed E-state index contributed by atoms with van der Waals surface area (Å²) in [6.45, 7) is 10.7. The number of likely N-dealkylation sites (tertiary alicyclic amines) is 1. The van der Waals surface area contributed by atoms with Crippen molar-refractivity contribution in [3.63, 3.8) is 0 Å². The van der Waals surface area contributed by atoms with Gasteiger partial charge in [0.05, 0.1) is 6.10 Å². The minimum atomic E-state index is -0.605. The molecule has 4 heteroatoms. The molecular weight excluding hydrogens is 473 g/mol. The molecule has 0 aromatic carbocycles. The summed E-state index contributed by atoms with van der Waals surface area (Å²) in [6, 6.07) is 0. The number of piperidine rings is 1. The van der Waals surface area contributed by atoms with Gasteiger partial charge < -0.3 is 10.0 Å². The molecule has 1 N–H and O–H groups in total. The number of hydrogen-bond acceptors (Lipinski definition) is 2. The van der Waals surface area contributed by atoms with Crippen LogP contribution in [0.25, 0.3) is 0 Å². The molecule has 216 valence electrons. The first-order chi connectivity index (χ1) is 18.2. The lowest BCUT2D eigenvalue weighted by Crippen LogP contribution is -2.52. The normalized spacial score (nSPS) is 31.9. The molecule has 0 radical (unpaired) electrons. The van der Waals surface area contributed by atoms with Gasteiger partial charge in [-0.2, -0.15) is 0 Å². The van der Waals surface area contributed by atoms with E-state index in [0.29, 0.717) is 29.6 Å². The van der Waals surface area contributed by atoms with E-state index in [4.69, 9.17) is 0 Å². The van der Waals surface area contributed by atoms with Crippen molar-refractivity contribution in [2.75, 3.05) is 13.1 Å². The molecule has 1 heterocycles. The van der Waals surface area contributed by atoms with E-state index in [1.807, 2.05) is 0 Å². The van der Waals surface area contributed by atoms with Crippen molar-refractivity contribution >= 4 is 5.91 Å². The summed E-state index contributed by atoms with van der Waals surface area (Å²) in [7, 11) is 0. The maximum Gasteiger partial charge on any atom is 0.225 e. The highest BCUT2D eigenvalue weighted by Crippen LogP contribution is 2.46. The summed E-state index contributed by atoms with van der Waals surface area (Å²) in [5, 5.41) is 11.3.